The molecule has 0 aliphatic carbocycles. The average Bonchev–Trinajstić information content (AvgIpc) is 2.33. The number of hydrogen-bond acceptors (Lipinski definition) is 7. The van der Waals surface area contributed by atoms with Gasteiger partial charge >= 0.3 is 13.6 Å². The topological polar surface area (TPSA) is 97.1 Å². The molecule has 0 heterocycles. The summed E-state index contributed by atoms with van der Waals surface area (Å²) in [6, 6.07) is 0. The van der Waals surface area contributed by atoms with Gasteiger partial charge in [0.15, 0.2) is 0 Å². The Morgan fingerprint density at radius 1 is 1.21 bits per heavy atom. The van der Waals surface area contributed by atoms with Crippen LogP contribution in [0.25, 0.3) is 0 Å². The van der Waals surface area contributed by atoms with E-state index in [2.05, 4.69) is 4.84 Å². The summed E-state index contributed by atoms with van der Waals surface area (Å²) in [4.78, 5) is 15.3. The average molecular weight is 297 g/mol. The third-order valence-corrected chi connectivity index (χ3v) is 4.43. The van der Waals surface area contributed by atoms with Crippen molar-refractivity contribution in [3.8, 4) is 0 Å². The third kappa shape index (κ3) is 9.13. The lowest BCUT2D eigenvalue weighted by atomic mass is 10.1. The fraction of sp³-hybridized carbons (Fsp3) is 0.909. The van der Waals surface area contributed by atoms with E-state index in [4.69, 9.17) is 19.7 Å². The molecule has 0 aromatic carbocycles. The Bertz CT molecular complexity index is 289. The summed E-state index contributed by atoms with van der Waals surface area (Å²) in [6.07, 6.45) is 0.714. The molecular weight excluding hydrogens is 273 g/mol. The Morgan fingerprint density at radius 2 is 1.79 bits per heavy atom. The molecule has 8 heteroatoms. The van der Waals surface area contributed by atoms with E-state index in [-0.39, 0.29) is 31.3 Å². The lowest BCUT2D eigenvalue weighted by molar-refractivity contribution is -0.143. The number of nitrogens with two attached hydrogens (primary N) is 1. The summed E-state index contributed by atoms with van der Waals surface area (Å²) in [5.41, 5.74) is 0. The van der Waals surface area contributed by atoms with Crippen molar-refractivity contribution in [2.24, 2.45) is 11.8 Å². The molecule has 0 saturated carbocycles. The molecule has 0 aliphatic rings. The first-order valence-corrected chi connectivity index (χ1v) is 8.03. The summed E-state index contributed by atoms with van der Waals surface area (Å²) < 4.78 is 27.5. The molecule has 0 saturated heterocycles. The minimum Gasteiger partial charge on any atom is -0.465 e. The second-order valence-corrected chi connectivity index (χ2v) is 6.15. The zero-order valence-corrected chi connectivity index (χ0v) is 12.7. The van der Waals surface area contributed by atoms with Crippen LogP contribution in [0.5, 0.6) is 0 Å². The van der Waals surface area contributed by atoms with Crippen LogP contribution in [0.1, 0.15) is 27.2 Å². The molecule has 0 bridgehead atoms. The molecule has 2 N–H and O–H groups in total. The van der Waals surface area contributed by atoms with Crippen LogP contribution in [0, 0.1) is 5.92 Å². The molecule has 0 rings (SSSR count). The monoisotopic (exact) mass is 297 g/mol. The molecule has 1 unspecified atom stereocenters. The van der Waals surface area contributed by atoms with Crippen LogP contribution < -0.4 is 5.90 Å². The van der Waals surface area contributed by atoms with Crippen molar-refractivity contribution in [2.45, 2.75) is 27.2 Å². The third-order valence-electron chi connectivity index (χ3n) is 2.32. The van der Waals surface area contributed by atoms with Crippen molar-refractivity contribution in [3.05, 3.63) is 0 Å². The highest BCUT2D eigenvalue weighted by molar-refractivity contribution is 7.53. The van der Waals surface area contributed by atoms with Gasteiger partial charge in [-0.25, -0.2) is 5.90 Å². The van der Waals surface area contributed by atoms with E-state index in [0.29, 0.717) is 19.6 Å². The molecule has 0 radical (unpaired) electrons. The highest BCUT2D eigenvalue weighted by Gasteiger charge is 2.25. The van der Waals surface area contributed by atoms with E-state index in [1.54, 1.807) is 13.8 Å². The van der Waals surface area contributed by atoms with Crippen molar-refractivity contribution in [1.29, 1.82) is 0 Å². The molecule has 19 heavy (non-hydrogen) atoms. The van der Waals surface area contributed by atoms with E-state index in [1.165, 1.54) is 6.92 Å². The minimum absolute atomic E-state index is 0.136. The summed E-state index contributed by atoms with van der Waals surface area (Å²) in [5, 5.41) is 0. The van der Waals surface area contributed by atoms with Crippen molar-refractivity contribution in [1.82, 2.24) is 0 Å². The van der Waals surface area contributed by atoms with Crippen LogP contribution in [0.15, 0.2) is 0 Å². The summed E-state index contributed by atoms with van der Waals surface area (Å²) in [5.74, 6) is 4.51. The SMILES string of the molecule is CCOP(=O)(CCC(CON)COC(C)=O)OCC. The lowest BCUT2D eigenvalue weighted by Gasteiger charge is -2.20. The summed E-state index contributed by atoms with van der Waals surface area (Å²) in [6.45, 7) is 5.86. The predicted molar refractivity (Wildman–Crippen MR) is 70.6 cm³/mol. The second kappa shape index (κ2) is 10.3. The first-order chi connectivity index (χ1) is 8.97. The predicted octanol–water partition coefficient (Wildman–Crippen LogP) is 1.71. The first kappa shape index (κ1) is 18.5. The smallest absolute Gasteiger partial charge is 0.330 e. The van der Waals surface area contributed by atoms with Gasteiger partial charge in [0.25, 0.3) is 0 Å². The van der Waals surface area contributed by atoms with Gasteiger partial charge in [-0.15, -0.1) is 0 Å². The maximum atomic E-state index is 12.2. The second-order valence-electron chi connectivity index (χ2n) is 3.96. The molecule has 114 valence electrons. The molecule has 0 spiro atoms. The molecule has 0 aromatic rings. The highest BCUT2D eigenvalue weighted by Crippen LogP contribution is 2.49. The zero-order valence-electron chi connectivity index (χ0n) is 11.8. The van der Waals surface area contributed by atoms with Crippen molar-refractivity contribution in [2.75, 3.05) is 32.6 Å². The summed E-state index contributed by atoms with van der Waals surface area (Å²) >= 11 is 0. The normalized spacial score (nSPS) is 13.3. The molecule has 7 nitrogen and oxygen atoms in total. The maximum absolute atomic E-state index is 12.2. The lowest BCUT2D eigenvalue weighted by Crippen LogP contribution is -2.21. The molecular formula is C11H24NO6P. The van der Waals surface area contributed by atoms with Gasteiger partial charge in [0.1, 0.15) is 0 Å². The zero-order chi connectivity index (χ0) is 14.7. The molecule has 0 aliphatic heterocycles. The van der Waals surface area contributed by atoms with Crippen LogP contribution in [-0.4, -0.2) is 38.6 Å². The van der Waals surface area contributed by atoms with Gasteiger partial charge in [-0.3, -0.25) is 9.36 Å². The first-order valence-electron chi connectivity index (χ1n) is 6.30. The standard InChI is InChI=1S/C11H24NO6P/c1-4-17-19(14,18-5-2)7-6-11(9-16-12)8-15-10(3)13/h11H,4-9,12H2,1-3H3. The van der Waals surface area contributed by atoms with E-state index in [9.17, 15) is 9.36 Å². The fourth-order valence-corrected chi connectivity index (χ4v) is 3.29. The fourth-order valence-electron chi connectivity index (χ4n) is 1.49. The maximum Gasteiger partial charge on any atom is 0.330 e. The molecule has 0 aromatic heterocycles. The van der Waals surface area contributed by atoms with Crippen LogP contribution in [0.4, 0.5) is 0 Å². The van der Waals surface area contributed by atoms with E-state index in [1.807, 2.05) is 0 Å². The Labute approximate surface area is 114 Å². The van der Waals surface area contributed by atoms with Gasteiger partial charge in [-0.05, 0) is 20.3 Å². The van der Waals surface area contributed by atoms with Crippen molar-refractivity contribution in [3.63, 3.8) is 0 Å². The minimum atomic E-state index is -3.08. The largest absolute Gasteiger partial charge is 0.465 e. The van der Waals surface area contributed by atoms with Gasteiger partial charge in [0.2, 0.25) is 0 Å². The van der Waals surface area contributed by atoms with Gasteiger partial charge < -0.3 is 18.6 Å². The van der Waals surface area contributed by atoms with Crippen molar-refractivity contribution < 1.29 is 28.0 Å². The number of carbonyl (C=O) groups is 1. The number of rotatable bonds is 11. The van der Waals surface area contributed by atoms with Gasteiger partial charge in [-0.2, -0.15) is 0 Å². The van der Waals surface area contributed by atoms with Crippen LogP contribution in [0.2, 0.25) is 0 Å². The number of esters is 1. The van der Waals surface area contributed by atoms with Crippen LogP contribution in [-0.2, 0) is 28.0 Å². The number of carbonyl (C=O) groups excluding carboxylic acids is 1. The summed E-state index contributed by atoms with van der Waals surface area (Å²) in [7, 11) is -3.08. The van der Waals surface area contributed by atoms with Crippen molar-refractivity contribution >= 4 is 13.6 Å². The van der Waals surface area contributed by atoms with Gasteiger partial charge in [-0.1, -0.05) is 0 Å². The van der Waals surface area contributed by atoms with Gasteiger partial charge in [0.05, 0.1) is 32.6 Å². The van der Waals surface area contributed by atoms with Crippen LogP contribution >= 0.6 is 7.60 Å². The Hall–Kier alpha value is -0.460. The van der Waals surface area contributed by atoms with Gasteiger partial charge in [0, 0.05) is 12.8 Å². The van der Waals surface area contributed by atoms with E-state index >= 15 is 0 Å². The molecule has 0 amide bonds. The number of ether oxygens (including phenoxy) is 1. The Balaban J connectivity index is 4.32. The molecule has 0 fully saturated rings. The van der Waals surface area contributed by atoms with E-state index in [0.717, 1.165) is 0 Å². The molecule has 1 atom stereocenters. The Kier molecular flexibility index (Phi) is 10.1. The quantitative estimate of drug-likeness (QED) is 0.352. The Morgan fingerprint density at radius 3 is 2.21 bits per heavy atom. The highest BCUT2D eigenvalue weighted by atomic mass is 31.2. The number of hydrogen-bond donors (Lipinski definition) is 1. The van der Waals surface area contributed by atoms with E-state index < -0.39 is 7.60 Å². The van der Waals surface area contributed by atoms with Crippen LogP contribution in [0.3, 0.4) is 0 Å².